The van der Waals surface area contributed by atoms with E-state index in [4.69, 9.17) is 5.73 Å². The van der Waals surface area contributed by atoms with E-state index in [0.717, 1.165) is 12.8 Å². The highest BCUT2D eigenvalue weighted by Gasteiger charge is 2.27. The SMILES string of the molecule is CC1(C)CC(c2cccs2)=CC(N)C1. The Balaban J connectivity index is 2.28. The Morgan fingerprint density at radius 3 is 2.86 bits per heavy atom. The van der Waals surface area contributed by atoms with Gasteiger partial charge in [0, 0.05) is 10.9 Å². The van der Waals surface area contributed by atoms with E-state index in [1.165, 1.54) is 10.5 Å². The van der Waals surface area contributed by atoms with Crippen molar-refractivity contribution in [3.63, 3.8) is 0 Å². The van der Waals surface area contributed by atoms with E-state index in [1.54, 1.807) is 0 Å². The zero-order valence-corrected chi connectivity index (χ0v) is 9.60. The summed E-state index contributed by atoms with van der Waals surface area (Å²) >= 11 is 1.81. The fraction of sp³-hybridized carbons (Fsp3) is 0.500. The van der Waals surface area contributed by atoms with Crippen molar-refractivity contribution < 1.29 is 0 Å². The molecule has 1 unspecified atom stereocenters. The Bertz CT molecular complexity index is 335. The molecule has 0 aromatic carbocycles. The van der Waals surface area contributed by atoms with Crippen LogP contribution in [0.5, 0.6) is 0 Å². The number of rotatable bonds is 1. The summed E-state index contributed by atoms with van der Waals surface area (Å²) in [4.78, 5) is 1.38. The zero-order valence-electron chi connectivity index (χ0n) is 8.79. The maximum Gasteiger partial charge on any atom is 0.0299 e. The second-order valence-electron chi connectivity index (χ2n) is 4.88. The molecule has 1 aliphatic rings. The van der Waals surface area contributed by atoms with Crippen LogP contribution in [-0.4, -0.2) is 6.04 Å². The molecule has 0 bridgehead atoms. The lowest BCUT2D eigenvalue weighted by Crippen LogP contribution is -2.30. The van der Waals surface area contributed by atoms with Gasteiger partial charge in [-0.05, 0) is 35.3 Å². The van der Waals surface area contributed by atoms with Gasteiger partial charge in [-0.3, -0.25) is 0 Å². The summed E-state index contributed by atoms with van der Waals surface area (Å²) in [5.41, 5.74) is 7.82. The molecule has 0 amide bonds. The van der Waals surface area contributed by atoms with E-state index >= 15 is 0 Å². The van der Waals surface area contributed by atoms with E-state index in [-0.39, 0.29) is 6.04 Å². The third-order valence-electron chi connectivity index (χ3n) is 2.71. The van der Waals surface area contributed by atoms with Crippen molar-refractivity contribution in [1.29, 1.82) is 0 Å². The molecule has 2 rings (SSSR count). The number of thiophene rings is 1. The predicted octanol–water partition coefficient (Wildman–Crippen LogP) is 3.28. The summed E-state index contributed by atoms with van der Waals surface area (Å²) in [5, 5.41) is 2.13. The van der Waals surface area contributed by atoms with Crippen LogP contribution in [0, 0.1) is 5.41 Å². The Kier molecular flexibility index (Phi) is 2.50. The molecule has 1 aliphatic carbocycles. The maximum absolute atomic E-state index is 6.04. The number of hydrogen-bond donors (Lipinski definition) is 1. The van der Waals surface area contributed by atoms with Crippen LogP contribution in [0.4, 0.5) is 0 Å². The minimum Gasteiger partial charge on any atom is -0.324 e. The molecule has 1 atom stereocenters. The fourth-order valence-electron chi connectivity index (χ4n) is 2.23. The van der Waals surface area contributed by atoms with Crippen LogP contribution in [0.25, 0.3) is 5.57 Å². The maximum atomic E-state index is 6.04. The molecule has 0 saturated carbocycles. The Morgan fingerprint density at radius 1 is 1.50 bits per heavy atom. The first-order chi connectivity index (χ1) is 6.57. The fourth-order valence-corrected chi connectivity index (χ4v) is 2.99. The quantitative estimate of drug-likeness (QED) is 0.751. The molecule has 76 valence electrons. The van der Waals surface area contributed by atoms with Gasteiger partial charge in [0.2, 0.25) is 0 Å². The summed E-state index contributed by atoms with van der Waals surface area (Å²) in [6.07, 6.45) is 4.49. The first-order valence-corrected chi connectivity index (χ1v) is 5.95. The standard InChI is InChI=1S/C12H17NS/c1-12(2)7-9(6-10(13)8-12)11-4-3-5-14-11/h3-6,10H,7-8,13H2,1-2H3. The van der Waals surface area contributed by atoms with Crippen molar-refractivity contribution in [2.45, 2.75) is 32.7 Å². The summed E-state index contributed by atoms with van der Waals surface area (Å²) in [6, 6.07) is 4.52. The van der Waals surface area contributed by atoms with Gasteiger partial charge in [0.05, 0.1) is 0 Å². The molecule has 2 heteroatoms. The molecule has 0 radical (unpaired) electrons. The van der Waals surface area contributed by atoms with Crippen LogP contribution in [-0.2, 0) is 0 Å². The van der Waals surface area contributed by atoms with Gasteiger partial charge in [-0.1, -0.05) is 26.0 Å². The van der Waals surface area contributed by atoms with Gasteiger partial charge in [-0.25, -0.2) is 0 Å². The molecule has 0 saturated heterocycles. The Labute approximate surface area is 89.6 Å². The summed E-state index contributed by atoms with van der Waals surface area (Å²) < 4.78 is 0. The average molecular weight is 207 g/mol. The van der Waals surface area contributed by atoms with Gasteiger partial charge in [0.1, 0.15) is 0 Å². The summed E-state index contributed by atoms with van der Waals surface area (Å²) in [7, 11) is 0. The van der Waals surface area contributed by atoms with Crippen LogP contribution >= 0.6 is 11.3 Å². The zero-order chi connectivity index (χ0) is 10.2. The molecule has 0 aliphatic heterocycles. The number of allylic oxidation sites excluding steroid dienone is 1. The summed E-state index contributed by atoms with van der Waals surface area (Å²) in [5.74, 6) is 0. The molecule has 0 spiro atoms. The van der Waals surface area contributed by atoms with Crippen LogP contribution in [0.3, 0.4) is 0 Å². The lowest BCUT2D eigenvalue weighted by Gasteiger charge is -2.32. The van der Waals surface area contributed by atoms with Crippen molar-refractivity contribution in [1.82, 2.24) is 0 Å². The van der Waals surface area contributed by atoms with Crippen molar-refractivity contribution >= 4 is 16.9 Å². The molecule has 0 fully saturated rings. The number of hydrogen-bond acceptors (Lipinski definition) is 2. The van der Waals surface area contributed by atoms with Crippen molar-refractivity contribution in [3.05, 3.63) is 28.5 Å². The van der Waals surface area contributed by atoms with Gasteiger partial charge in [-0.15, -0.1) is 11.3 Å². The topological polar surface area (TPSA) is 26.0 Å². The molecule has 2 N–H and O–H groups in total. The van der Waals surface area contributed by atoms with E-state index in [0.29, 0.717) is 5.41 Å². The largest absolute Gasteiger partial charge is 0.324 e. The van der Waals surface area contributed by atoms with Crippen molar-refractivity contribution in [3.8, 4) is 0 Å². The molecule has 1 heterocycles. The van der Waals surface area contributed by atoms with Gasteiger partial charge in [0.25, 0.3) is 0 Å². The molecular weight excluding hydrogens is 190 g/mol. The van der Waals surface area contributed by atoms with Crippen LogP contribution < -0.4 is 5.73 Å². The third kappa shape index (κ3) is 2.07. The normalized spacial score (nSPS) is 25.9. The summed E-state index contributed by atoms with van der Waals surface area (Å²) in [6.45, 7) is 4.60. The van der Waals surface area contributed by atoms with Gasteiger partial charge in [0.15, 0.2) is 0 Å². The minimum absolute atomic E-state index is 0.232. The van der Waals surface area contributed by atoms with Gasteiger partial charge in [-0.2, -0.15) is 0 Å². The molecule has 14 heavy (non-hydrogen) atoms. The van der Waals surface area contributed by atoms with E-state index in [2.05, 4.69) is 37.4 Å². The van der Waals surface area contributed by atoms with E-state index < -0.39 is 0 Å². The molecule has 1 nitrogen and oxygen atoms in total. The smallest absolute Gasteiger partial charge is 0.0299 e. The molecule has 1 aromatic heterocycles. The lowest BCUT2D eigenvalue weighted by atomic mass is 9.75. The Morgan fingerprint density at radius 2 is 2.29 bits per heavy atom. The van der Waals surface area contributed by atoms with Gasteiger partial charge >= 0.3 is 0 Å². The highest BCUT2D eigenvalue weighted by atomic mass is 32.1. The monoisotopic (exact) mass is 207 g/mol. The first-order valence-electron chi connectivity index (χ1n) is 5.07. The average Bonchev–Trinajstić information content (AvgIpc) is 2.51. The van der Waals surface area contributed by atoms with Crippen molar-refractivity contribution in [2.24, 2.45) is 11.1 Å². The van der Waals surface area contributed by atoms with Crippen LogP contribution in [0.1, 0.15) is 31.6 Å². The number of nitrogens with two attached hydrogens (primary N) is 1. The predicted molar refractivity (Wildman–Crippen MR) is 63.3 cm³/mol. The third-order valence-corrected chi connectivity index (χ3v) is 3.66. The first kappa shape index (κ1) is 9.94. The van der Waals surface area contributed by atoms with E-state index in [9.17, 15) is 0 Å². The van der Waals surface area contributed by atoms with Gasteiger partial charge < -0.3 is 5.73 Å². The molecular formula is C12H17NS. The van der Waals surface area contributed by atoms with E-state index in [1.807, 2.05) is 11.3 Å². The second-order valence-corrected chi connectivity index (χ2v) is 5.83. The second kappa shape index (κ2) is 3.52. The van der Waals surface area contributed by atoms with Crippen molar-refractivity contribution in [2.75, 3.05) is 0 Å². The molecule has 1 aromatic rings. The lowest BCUT2D eigenvalue weighted by molar-refractivity contribution is 0.319. The highest BCUT2D eigenvalue weighted by molar-refractivity contribution is 7.11. The highest BCUT2D eigenvalue weighted by Crippen LogP contribution is 2.39. The minimum atomic E-state index is 0.232. The Hall–Kier alpha value is -0.600. The van der Waals surface area contributed by atoms with Crippen LogP contribution in [0.15, 0.2) is 23.6 Å². The van der Waals surface area contributed by atoms with Crippen LogP contribution in [0.2, 0.25) is 0 Å².